The fraction of sp³-hybridized carbons (Fsp3) is 0.278. The second-order valence-electron chi connectivity index (χ2n) is 6.01. The zero-order valence-electron chi connectivity index (χ0n) is 13.8. The van der Waals surface area contributed by atoms with Crippen LogP contribution < -0.4 is 10.1 Å². The average molecular weight is 338 g/mol. The van der Waals surface area contributed by atoms with Gasteiger partial charge in [-0.15, -0.1) is 0 Å². The number of hydrogen-bond acceptors (Lipinski definition) is 5. The van der Waals surface area contributed by atoms with Crippen molar-refractivity contribution in [2.45, 2.75) is 19.4 Å². The van der Waals surface area contributed by atoms with E-state index in [1.165, 1.54) is 0 Å². The van der Waals surface area contributed by atoms with Crippen LogP contribution >= 0.6 is 0 Å². The van der Waals surface area contributed by atoms with Gasteiger partial charge in [0.1, 0.15) is 17.4 Å². The Morgan fingerprint density at radius 2 is 2.32 bits per heavy atom. The third-order valence-electron chi connectivity index (χ3n) is 4.12. The summed E-state index contributed by atoms with van der Waals surface area (Å²) < 4.78 is 11.4. The van der Waals surface area contributed by atoms with E-state index in [9.17, 15) is 4.79 Å². The quantitative estimate of drug-likeness (QED) is 0.793. The third-order valence-corrected chi connectivity index (χ3v) is 4.12. The lowest BCUT2D eigenvalue weighted by molar-refractivity contribution is 0.194. The normalized spacial score (nSPS) is 17.0. The number of oxazole rings is 1. The molecule has 2 amide bonds. The molecule has 1 aliphatic rings. The first-order valence-corrected chi connectivity index (χ1v) is 8.17. The summed E-state index contributed by atoms with van der Waals surface area (Å²) >= 11 is 0. The molecule has 7 nitrogen and oxygen atoms in total. The van der Waals surface area contributed by atoms with Crippen LogP contribution in [0.2, 0.25) is 0 Å². The number of aryl methyl sites for hydroxylation is 1. The van der Waals surface area contributed by atoms with Gasteiger partial charge in [0.15, 0.2) is 11.5 Å². The monoisotopic (exact) mass is 338 g/mol. The maximum Gasteiger partial charge on any atom is 0.321 e. The van der Waals surface area contributed by atoms with Gasteiger partial charge < -0.3 is 19.4 Å². The number of nitrogens with one attached hydrogen (secondary N) is 1. The number of ether oxygens (including phenoxy) is 1. The molecule has 7 heteroatoms. The number of fused-ring (bicyclic) bond motifs is 1. The maximum atomic E-state index is 12.5. The molecule has 2 aromatic heterocycles. The number of carbonyl (C=O) groups is 1. The van der Waals surface area contributed by atoms with Crippen LogP contribution in [-0.2, 0) is 0 Å². The Kier molecular flexibility index (Phi) is 3.97. The third kappa shape index (κ3) is 3.40. The van der Waals surface area contributed by atoms with Gasteiger partial charge >= 0.3 is 6.03 Å². The van der Waals surface area contributed by atoms with Crippen molar-refractivity contribution >= 4 is 22.8 Å². The van der Waals surface area contributed by atoms with E-state index in [-0.39, 0.29) is 12.1 Å². The van der Waals surface area contributed by atoms with Gasteiger partial charge in [0.25, 0.3) is 0 Å². The molecule has 0 spiro atoms. The Morgan fingerprint density at radius 3 is 3.16 bits per heavy atom. The van der Waals surface area contributed by atoms with Gasteiger partial charge in [0.2, 0.25) is 0 Å². The number of amides is 2. The lowest BCUT2D eigenvalue weighted by Gasteiger charge is -2.18. The molecule has 128 valence electrons. The number of aromatic nitrogens is 2. The number of rotatable bonds is 3. The van der Waals surface area contributed by atoms with E-state index in [1.54, 1.807) is 30.3 Å². The van der Waals surface area contributed by atoms with Crippen molar-refractivity contribution in [3.8, 4) is 5.75 Å². The minimum Gasteiger partial charge on any atom is -0.487 e. The van der Waals surface area contributed by atoms with Gasteiger partial charge in [0.05, 0.1) is 12.7 Å². The van der Waals surface area contributed by atoms with E-state index >= 15 is 0 Å². The highest BCUT2D eigenvalue weighted by Gasteiger charge is 2.27. The highest BCUT2D eigenvalue weighted by atomic mass is 16.5. The van der Waals surface area contributed by atoms with Crippen LogP contribution in [0.1, 0.15) is 12.3 Å². The Balaban J connectivity index is 1.37. The summed E-state index contributed by atoms with van der Waals surface area (Å²) in [7, 11) is 0. The number of urea groups is 1. The summed E-state index contributed by atoms with van der Waals surface area (Å²) in [6.45, 7) is 3.00. The van der Waals surface area contributed by atoms with Crippen molar-refractivity contribution in [3.05, 3.63) is 48.6 Å². The number of nitrogens with zero attached hydrogens (tertiary/aromatic N) is 3. The van der Waals surface area contributed by atoms with Crippen molar-refractivity contribution in [2.75, 3.05) is 18.4 Å². The molecule has 0 unspecified atom stereocenters. The van der Waals surface area contributed by atoms with Crippen LogP contribution in [0.5, 0.6) is 5.75 Å². The van der Waals surface area contributed by atoms with Crippen LogP contribution in [-0.4, -0.2) is 40.1 Å². The molecule has 0 radical (unpaired) electrons. The minimum atomic E-state index is -0.145. The Hall–Kier alpha value is -3.09. The fourth-order valence-corrected chi connectivity index (χ4v) is 2.94. The average Bonchev–Trinajstić information content (AvgIpc) is 3.21. The molecule has 1 N–H and O–H groups in total. The highest BCUT2D eigenvalue weighted by molar-refractivity contribution is 5.91. The van der Waals surface area contributed by atoms with Gasteiger partial charge in [-0.3, -0.25) is 4.98 Å². The molecule has 1 fully saturated rings. The lowest BCUT2D eigenvalue weighted by atomic mass is 10.3. The van der Waals surface area contributed by atoms with Crippen molar-refractivity contribution < 1.29 is 13.9 Å². The molecule has 1 atom stereocenters. The lowest BCUT2D eigenvalue weighted by Crippen LogP contribution is -2.34. The SMILES string of the molecule is Cc1nc2ccc(NC(=O)N3CC[C@H](Oc4cccnc4)C3)cc2o1. The van der Waals surface area contributed by atoms with E-state index in [0.29, 0.717) is 30.3 Å². The van der Waals surface area contributed by atoms with Gasteiger partial charge in [0, 0.05) is 37.8 Å². The van der Waals surface area contributed by atoms with Crippen LogP contribution in [0.3, 0.4) is 0 Å². The number of hydrogen-bond donors (Lipinski definition) is 1. The van der Waals surface area contributed by atoms with Crippen LogP contribution in [0.15, 0.2) is 47.1 Å². The smallest absolute Gasteiger partial charge is 0.321 e. The molecule has 1 aromatic carbocycles. The largest absolute Gasteiger partial charge is 0.487 e. The summed E-state index contributed by atoms with van der Waals surface area (Å²) in [5.41, 5.74) is 2.13. The fourth-order valence-electron chi connectivity index (χ4n) is 2.94. The number of likely N-dealkylation sites (tertiary alicyclic amines) is 1. The molecule has 4 rings (SSSR count). The van der Waals surface area contributed by atoms with Crippen LogP contribution in [0.25, 0.3) is 11.1 Å². The first-order valence-electron chi connectivity index (χ1n) is 8.17. The van der Waals surface area contributed by atoms with E-state index in [4.69, 9.17) is 9.15 Å². The van der Waals surface area contributed by atoms with Crippen molar-refractivity contribution in [3.63, 3.8) is 0 Å². The topological polar surface area (TPSA) is 80.5 Å². The maximum absolute atomic E-state index is 12.5. The summed E-state index contributed by atoms with van der Waals surface area (Å²) in [6.07, 6.45) is 4.16. The summed E-state index contributed by atoms with van der Waals surface area (Å²) in [5, 5.41) is 2.90. The number of anilines is 1. The van der Waals surface area contributed by atoms with Crippen LogP contribution in [0.4, 0.5) is 10.5 Å². The number of carbonyl (C=O) groups excluding carboxylic acids is 1. The van der Waals surface area contributed by atoms with E-state index < -0.39 is 0 Å². The summed E-state index contributed by atoms with van der Waals surface area (Å²) in [4.78, 5) is 22.5. The van der Waals surface area contributed by atoms with Gasteiger partial charge in [-0.05, 0) is 24.3 Å². The van der Waals surface area contributed by atoms with Gasteiger partial charge in [-0.2, -0.15) is 0 Å². The zero-order chi connectivity index (χ0) is 17.2. The molecular weight excluding hydrogens is 320 g/mol. The molecule has 0 aliphatic carbocycles. The molecule has 3 heterocycles. The predicted molar refractivity (Wildman–Crippen MR) is 92.6 cm³/mol. The number of pyridine rings is 1. The van der Waals surface area contributed by atoms with Crippen molar-refractivity contribution in [1.29, 1.82) is 0 Å². The molecule has 3 aromatic rings. The molecule has 1 saturated heterocycles. The Labute approximate surface area is 144 Å². The second-order valence-corrected chi connectivity index (χ2v) is 6.01. The zero-order valence-corrected chi connectivity index (χ0v) is 13.8. The molecule has 1 aliphatic heterocycles. The molecular formula is C18H18N4O3. The van der Waals surface area contributed by atoms with Gasteiger partial charge in [-0.1, -0.05) is 0 Å². The highest BCUT2D eigenvalue weighted by Crippen LogP contribution is 2.22. The summed E-state index contributed by atoms with van der Waals surface area (Å²) in [6, 6.07) is 8.99. The predicted octanol–water partition coefficient (Wildman–Crippen LogP) is 3.22. The van der Waals surface area contributed by atoms with E-state index in [1.807, 2.05) is 24.3 Å². The van der Waals surface area contributed by atoms with E-state index in [0.717, 1.165) is 17.7 Å². The second kappa shape index (κ2) is 6.43. The molecule has 25 heavy (non-hydrogen) atoms. The molecule has 0 saturated carbocycles. The van der Waals surface area contributed by atoms with Gasteiger partial charge in [-0.25, -0.2) is 9.78 Å². The van der Waals surface area contributed by atoms with Crippen molar-refractivity contribution in [2.24, 2.45) is 0 Å². The Bertz CT molecular complexity index is 894. The summed E-state index contributed by atoms with van der Waals surface area (Å²) in [5.74, 6) is 1.33. The first kappa shape index (κ1) is 15.4. The minimum absolute atomic E-state index is 0.0191. The standard InChI is InChI=1S/C18H18N4O3/c1-12-20-16-5-4-13(9-17(16)24-12)21-18(23)22-8-6-15(11-22)25-14-3-2-7-19-10-14/h2-5,7,9-10,15H,6,8,11H2,1H3,(H,21,23)/t15-/m0/s1. The number of benzene rings is 1. The Morgan fingerprint density at radius 1 is 1.40 bits per heavy atom. The van der Waals surface area contributed by atoms with Crippen molar-refractivity contribution in [1.82, 2.24) is 14.9 Å². The van der Waals surface area contributed by atoms with E-state index in [2.05, 4.69) is 15.3 Å². The van der Waals surface area contributed by atoms with Crippen LogP contribution in [0, 0.1) is 6.92 Å². The molecule has 0 bridgehead atoms. The first-order chi connectivity index (χ1) is 12.2.